The molecule has 5 heteroatoms. The van der Waals surface area contributed by atoms with Crippen molar-refractivity contribution in [1.29, 1.82) is 0 Å². The van der Waals surface area contributed by atoms with Crippen LogP contribution in [0.1, 0.15) is 26.2 Å². The Morgan fingerprint density at radius 1 is 1.65 bits per heavy atom. The van der Waals surface area contributed by atoms with Crippen LogP contribution in [0, 0.1) is 5.92 Å². The van der Waals surface area contributed by atoms with Crippen LogP contribution in [0.5, 0.6) is 0 Å². The van der Waals surface area contributed by atoms with Crippen molar-refractivity contribution in [3.05, 3.63) is 16.9 Å². The highest BCUT2D eigenvalue weighted by Gasteiger charge is 2.24. The summed E-state index contributed by atoms with van der Waals surface area (Å²) in [5, 5.41) is 17.4. The van der Waals surface area contributed by atoms with Gasteiger partial charge in [-0.2, -0.15) is 5.10 Å². The highest BCUT2D eigenvalue weighted by atomic mass is 79.9. The van der Waals surface area contributed by atoms with Crippen molar-refractivity contribution in [2.45, 2.75) is 44.9 Å². The van der Waals surface area contributed by atoms with Crippen LogP contribution in [-0.4, -0.2) is 33.6 Å². The molecule has 1 aromatic heterocycles. The minimum Gasteiger partial charge on any atom is -0.393 e. The molecule has 2 N–H and O–H groups in total. The fourth-order valence-electron chi connectivity index (χ4n) is 2.39. The molecule has 0 aromatic carbocycles. The maximum atomic E-state index is 9.73. The number of nitrogens with zero attached hydrogens (tertiary/aromatic N) is 2. The monoisotopic (exact) mass is 301 g/mol. The molecule has 0 bridgehead atoms. The Morgan fingerprint density at radius 3 is 3.06 bits per heavy atom. The van der Waals surface area contributed by atoms with Crippen molar-refractivity contribution in [2.75, 3.05) is 6.54 Å². The average Bonchev–Trinajstić information content (AvgIpc) is 2.85. The zero-order valence-corrected chi connectivity index (χ0v) is 11.7. The van der Waals surface area contributed by atoms with Crippen LogP contribution in [0.4, 0.5) is 0 Å². The van der Waals surface area contributed by atoms with E-state index in [0.717, 1.165) is 36.8 Å². The molecule has 96 valence electrons. The van der Waals surface area contributed by atoms with Gasteiger partial charge in [-0.15, -0.1) is 0 Å². The molecule has 4 nitrogen and oxygen atoms in total. The van der Waals surface area contributed by atoms with Crippen LogP contribution in [0.3, 0.4) is 0 Å². The lowest BCUT2D eigenvalue weighted by molar-refractivity contribution is 0.129. The molecule has 1 fully saturated rings. The largest absolute Gasteiger partial charge is 0.393 e. The number of nitrogens with one attached hydrogen (secondary N) is 1. The maximum Gasteiger partial charge on any atom is 0.0632 e. The van der Waals surface area contributed by atoms with Crippen LogP contribution in [0.25, 0.3) is 0 Å². The molecule has 2 rings (SSSR count). The predicted octanol–water partition coefficient (Wildman–Crippen LogP) is 1.78. The molecule has 3 unspecified atom stereocenters. The summed E-state index contributed by atoms with van der Waals surface area (Å²) in [5.41, 5.74) is 0. The highest BCUT2D eigenvalue weighted by molar-refractivity contribution is 9.10. The molecule has 1 heterocycles. The molecular formula is C12H20BrN3O. The Balaban J connectivity index is 1.72. The van der Waals surface area contributed by atoms with Crippen LogP contribution in [0.15, 0.2) is 16.9 Å². The van der Waals surface area contributed by atoms with Crippen LogP contribution >= 0.6 is 15.9 Å². The molecule has 1 aromatic rings. The third kappa shape index (κ3) is 3.79. The van der Waals surface area contributed by atoms with Gasteiger partial charge in [0.2, 0.25) is 0 Å². The third-order valence-corrected chi connectivity index (χ3v) is 3.82. The number of halogens is 1. The van der Waals surface area contributed by atoms with E-state index in [1.165, 1.54) is 0 Å². The second-order valence-corrected chi connectivity index (χ2v) is 5.86. The van der Waals surface area contributed by atoms with Gasteiger partial charge in [0, 0.05) is 18.8 Å². The van der Waals surface area contributed by atoms with Crippen molar-refractivity contribution in [3.8, 4) is 0 Å². The first-order chi connectivity index (χ1) is 8.15. The lowest BCUT2D eigenvalue weighted by Gasteiger charge is -2.19. The number of hydrogen-bond acceptors (Lipinski definition) is 3. The number of aliphatic hydroxyl groups is 1. The standard InChI is InChI=1S/C12H20BrN3O/c1-9(7-16-8-11(13)6-15-16)14-5-10-3-2-4-12(10)17/h6,8-10,12,14,17H,2-5,7H2,1H3. The summed E-state index contributed by atoms with van der Waals surface area (Å²) in [6.07, 6.45) is 6.94. The maximum absolute atomic E-state index is 9.73. The second kappa shape index (κ2) is 5.98. The SMILES string of the molecule is CC(Cn1cc(Br)cn1)NCC1CCCC1O. The lowest BCUT2D eigenvalue weighted by Crippen LogP contribution is -2.36. The van der Waals surface area contributed by atoms with Gasteiger partial charge in [0.15, 0.2) is 0 Å². The Labute approximate surface area is 111 Å². The van der Waals surface area contributed by atoms with Gasteiger partial charge in [0.05, 0.1) is 23.3 Å². The minimum atomic E-state index is -0.103. The van der Waals surface area contributed by atoms with Gasteiger partial charge < -0.3 is 10.4 Å². The van der Waals surface area contributed by atoms with E-state index in [9.17, 15) is 5.11 Å². The van der Waals surface area contributed by atoms with E-state index in [0.29, 0.717) is 12.0 Å². The van der Waals surface area contributed by atoms with Crippen molar-refractivity contribution >= 4 is 15.9 Å². The van der Waals surface area contributed by atoms with Crippen molar-refractivity contribution in [3.63, 3.8) is 0 Å². The first-order valence-corrected chi connectivity index (χ1v) is 7.04. The van der Waals surface area contributed by atoms with E-state index in [-0.39, 0.29) is 6.10 Å². The molecule has 1 aliphatic rings. The Morgan fingerprint density at radius 2 is 2.47 bits per heavy atom. The van der Waals surface area contributed by atoms with Crippen LogP contribution in [-0.2, 0) is 6.54 Å². The van der Waals surface area contributed by atoms with Gasteiger partial charge in [-0.25, -0.2) is 0 Å². The molecule has 0 amide bonds. The van der Waals surface area contributed by atoms with E-state index in [4.69, 9.17) is 0 Å². The van der Waals surface area contributed by atoms with Gasteiger partial charge in [0.1, 0.15) is 0 Å². The molecular weight excluding hydrogens is 282 g/mol. The zero-order chi connectivity index (χ0) is 12.3. The summed E-state index contributed by atoms with van der Waals surface area (Å²) >= 11 is 3.39. The summed E-state index contributed by atoms with van der Waals surface area (Å²) in [5.74, 6) is 0.432. The number of rotatable bonds is 5. The smallest absolute Gasteiger partial charge is 0.0632 e. The normalized spacial score (nSPS) is 26.3. The summed E-state index contributed by atoms with van der Waals surface area (Å²) in [6.45, 7) is 3.91. The molecule has 0 aliphatic heterocycles. The number of hydrogen-bond donors (Lipinski definition) is 2. The van der Waals surface area contributed by atoms with Gasteiger partial charge in [-0.05, 0) is 41.6 Å². The predicted molar refractivity (Wildman–Crippen MR) is 70.7 cm³/mol. The van der Waals surface area contributed by atoms with Gasteiger partial charge >= 0.3 is 0 Å². The topological polar surface area (TPSA) is 50.1 Å². The van der Waals surface area contributed by atoms with E-state index < -0.39 is 0 Å². The van der Waals surface area contributed by atoms with Crippen molar-refractivity contribution in [2.24, 2.45) is 5.92 Å². The number of aliphatic hydroxyl groups excluding tert-OH is 1. The second-order valence-electron chi connectivity index (χ2n) is 4.95. The molecule has 0 saturated heterocycles. The molecule has 0 spiro atoms. The third-order valence-electron chi connectivity index (χ3n) is 3.41. The van der Waals surface area contributed by atoms with Crippen LogP contribution in [0.2, 0.25) is 0 Å². The van der Waals surface area contributed by atoms with E-state index in [1.54, 1.807) is 6.20 Å². The first kappa shape index (κ1) is 13.1. The molecule has 3 atom stereocenters. The van der Waals surface area contributed by atoms with Gasteiger partial charge in [-0.3, -0.25) is 4.68 Å². The fraction of sp³-hybridized carbons (Fsp3) is 0.750. The average molecular weight is 302 g/mol. The van der Waals surface area contributed by atoms with E-state index in [1.807, 2.05) is 10.9 Å². The first-order valence-electron chi connectivity index (χ1n) is 6.24. The molecule has 0 radical (unpaired) electrons. The van der Waals surface area contributed by atoms with Crippen molar-refractivity contribution in [1.82, 2.24) is 15.1 Å². The van der Waals surface area contributed by atoms with Crippen LogP contribution < -0.4 is 5.32 Å². The van der Waals surface area contributed by atoms with E-state index in [2.05, 4.69) is 33.3 Å². The Kier molecular flexibility index (Phi) is 4.59. The minimum absolute atomic E-state index is 0.103. The zero-order valence-electron chi connectivity index (χ0n) is 10.1. The lowest BCUT2D eigenvalue weighted by atomic mass is 10.1. The number of aromatic nitrogens is 2. The molecule has 17 heavy (non-hydrogen) atoms. The summed E-state index contributed by atoms with van der Waals surface area (Å²) in [6, 6.07) is 0.370. The Bertz CT molecular complexity index is 355. The van der Waals surface area contributed by atoms with Gasteiger partial charge in [0.25, 0.3) is 0 Å². The highest BCUT2D eigenvalue weighted by Crippen LogP contribution is 2.24. The summed E-state index contributed by atoms with van der Waals surface area (Å²) < 4.78 is 2.93. The molecule has 1 aliphatic carbocycles. The van der Waals surface area contributed by atoms with Crippen molar-refractivity contribution < 1.29 is 5.11 Å². The summed E-state index contributed by atoms with van der Waals surface area (Å²) in [7, 11) is 0. The Hall–Kier alpha value is -0.390. The quantitative estimate of drug-likeness (QED) is 0.872. The fourth-order valence-corrected chi connectivity index (χ4v) is 2.72. The summed E-state index contributed by atoms with van der Waals surface area (Å²) in [4.78, 5) is 0. The van der Waals surface area contributed by atoms with Gasteiger partial charge in [-0.1, -0.05) is 6.42 Å². The molecule has 1 saturated carbocycles. The van der Waals surface area contributed by atoms with E-state index >= 15 is 0 Å².